The molecular formula is C17H16O. The number of methoxy groups -OCH3 is 1. The maximum Gasteiger partial charge on any atom is 0.126 e. The summed E-state index contributed by atoms with van der Waals surface area (Å²) in [6, 6.07) is 11.5. The molecule has 0 heterocycles. The zero-order valence-corrected chi connectivity index (χ0v) is 9.97. The summed E-state index contributed by atoms with van der Waals surface area (Å²) in [7, 11) is -2.44. The fourth-order valence-electron chi connectivity index (χ4n) is 2.50. The molecule has 0 aromatic heterocycles. The minimum absolute atomic E-state index is 0.156. The third-order valence-corrected chi connectivity index (χ3v) is 3.33. The monoisotopic (exact) mass is 239 g/mol. The molecule has 0 radical (unpaired) electrons. The molecule has 0 aliphatic heterocycles. The Morgan fingerprint density at radius 3 is 2.67 bits per heavy atom. The number of allylic oxidation sites excluding steroid dienone is 4. The van der Waals surface area contributed by atoms with E-state index in [-0.39, 0.29) is 5.92 Å². The van der Waals surface area contributed by atoms with Crippen molar-refractivity contribution in [2.24, 2.45) is 0 Å². The SMILES string of the molecule is [2H]C([2H])([2H])Oc1cccc2cccc(C3C=CCC=C3)c12. The van der Waals surface area contributed by atoms with Gasteiger partial charge in [0.15, 0.2) is 0 Å². The van der Waals surface area contributed by atoms with Gasteiger partial charge in [0, 0.05) is 11.3 Å². The van der Waals surface area contributed by atoms with Crippen molar-refractivity contribution in [3.05, 3.63) is 66.3 Å². The standard InChI is InChI=1S/C17H16O/c1-18-16-12-6-10-14-9-5-11-15(17(14)16)13-7-3-2-4-8-13/h3-13H,2H2,1H3/i1D3. The van der Waals surface area contributed by atoms with Crippen molar-refractivity contribution < 1.29 is 8.85 Å². The highest BCUT2D eigenvalue weighted by molar-refractivity contribution is 5.92. The Hall–Kier alpha value is -2.02. The topological polar surface area (TPSA) is 9.23 Å². The molecule has 2 aromatic rings. The molecule has 0 amide bonds. The maximum atomic E-state index is 7.34. The first-order valence-electron chi connectivity index (χ1n) is 7.58. The number of fused-ring (bicyclic) bond motifs is 1. The summed E-state index contributed by atoms with van der Waals surface area (Å²) in [4.78, 5) is 0. The van der Waals surface area contributed by atoms with E-state index in [0.717, 1.165) is 22.8 Å². The Balaban J connectivity index is 2.18. The molecule has 0 saturated heterocycles. The van der Waals surface area contributed by atoms with Crippen LogP contribution in [0.1, 0.15) is 22.0 Å². The van der Waals surface area contributed by atoms with Crippen LogP contribution in [0.4, 0.5) is 0 Å². The molecule has 1 heteroatoms. The van der Waals surface area contributed by atoms with Gasteiger partial charge in [-0.1, -0.05) is 54.6 Å². The Bertz CT molecular complexity index is 696. The van der Waals surface area contributed by atoms with Crippen LogP contribution >= 0.6 is 0 Å². The highest BCUT2D eigenvalue weighted by Crippen LogP contribution is 2.35. The molecule has 1 aliphatic carbocycles. The molecule has 0 bridgehead atoms. The van der Waals surface area contributed by atoms with Gasteiger partial charge in [-0.25, -0.2) is 0 Å². The van der Waals surface area contributed by atoms with E-state index in [1.807, 2.05) is 30.3 Å². The van der Waals surface area contributed by atoms with Crippen LogP contribution in [0.2, 0.25) is 0 Å². The molecule has 3 rings (SSSR count). The van der Waals surface area contributed by atoms with Gasteiger partial charge in [-0.05, 0) is 23.4 Å². The molecule has 0 spiro atoms. The van der Waals surface area contributed by atoms with Crippen molar-refractivity contribution in [1.82, 2.24) is 0 Å². The molecule has 0 saturated carbocycles. The minimum Gasteiger partial charge on any atom is -0.496 e. The number of hydrogen-bond donors (Lipinski definition) is 0. The lowest BCUT2D eigenvalue weighted by Crippen LogP contribution is -1.97. The average Bonchev–Trinajstić information content (AvgIpc) is 2.46. The van der Waals surface area contributed by atoms with Crippen molar-refractivity contribution in [2.75, 3.05) is 7.04 Å². The van der Waals surface area contributed by atoms with Crippen molar-refractivity contribution in [3.8, 4) is 5.75 Å². The minimum atomic E-state index is -2.44. The first kappa shape index (κ1) is 8.15. The highest BCUT2D eigenvalue weighted by Gasteiger charge is 2.13. The van der Waals surface area contributed by atoms with Gasteiger partial charge >= 0.3 is 0 Å². The van der Waals surface area contributed by atoms with Crippen LogP contribution in [-0.2, 0) is 0 Å². The fourth-order valence-corrected chi connectivity index (χ4v) is 2.50. The number of rotatable bonds is 2. The van der Waals surface area contributed by atoms with E-state index in [4.69, 9.17) is 8.85 Å². The van der Waals surface area contributed by atoms with Gasteiger partial charge in [0.2, 0.25) is 0 Å². The molecule has 90 valence electrons. The first-order valence-corrected chi connectivity index (χ1v) is 6.08. The Labute approximate surface area is 112 Å². The van der Waals surface area contributed by atoms with Crippen molar-refractivity contribution >= 4 is 10.8 Å². The van der Waals surface area contributed by atoms with E-state index >= 15 is 0 Å². The van der Waals surface area contributed by atoms with Crippen LogP contribution in [0, 0.1) is 0 Å². The van der Waals surface area contributed by atoms with Gasteiger partial charge in [0.25, 0.3) is 0 Å². The molecule has 1 aliphatic rings. The van der Waals surface area contributed by atoms with E-state index in [2.05, 4.69) is 24.3 Å². The van der Waals surface area contributed by atoms with Gasteiger partial charge in [0.05, 0.1) is 11.2 Å². The predicted molar refractivity (Wildman–Crippen MR) is 76.1 cm³/mol. The highest BCUT2D eigenvalue weighted by atomic mass is 16.5. The summed E-state index contributed by atoms with van der Waals surface area (Å²) in [5.41, 5.74) is 1.07. The predicted octanol–water partition coefficient (Wildman–Crippen LogP) is 4.45. The van der Waals surface area contributed by atoms with Gasteiger partial charge in [0.1, 0.15) is 5.75 Å². The number of benzene rings is 2. The van der Waals surface area contributed by atoms with Gasteiger partial charge in [-0.2, -0.15) is 0 Å². The summed E-state index contributed by atoms with van der Waals surface area (Å²) >= 11 is 0. The number of ether oxygens (including phenoxy) is 1. The van der Waals surface area contributed by atoms with Crippen LogP contribution in [-0.4, -0.2) is 7.04 Å². The fraction of sp³-hybridized carbons (Fsp3) is 0.176. The van der Waals surface area contributed by atoms with E-state index in [1.54, 1.807) is 6.07 Å². The summed E-state index contributed by atoms with van der Waals surface area (Å²) < 4.78 is 27.2. The van der Waals surface area contributed by atoms with E-state index < -0.39 is 7.04 Å². The van der Waals surface area contributed by atoms with Crippen LogP contribution < -0.4 is 4.74 Å². The van der Waals surface area contributed by atoms with E-state index in [1.165, 1.54) is 0 Å². The number of hydrogen-bond acceptors (Lipinski definition) is 1. The van der Waals surface area contributed by atoms with Crippen LogP contribution in [0.5, 0.6) is 5.75 Å². The quantitative estimate of drug-likeness (QED) is 0.704. The first-order chi connectivity index (χ1) is 10.0. The smallest absolute Gasteiger partial charge is 0.126 e. The van der Waals surface area contributed by atoms with Crippen LogP contribution in [0.3, 0.4) is 0 Å². The largest absolute Gasteiger partial charge is 0.496 e. The van der Waals surface area contributed by atoms with Gasteiger partial charge in [-0.15, -0.1) is 0 Å². The van der Waals surface area contributed by atoms with Crippen molar-refractivity contribution in [1.29, 1.82) is 0 Å². The lowest BCUT2D eigenvalue weighted by Gasteiger charge is -2.16. The Morgan fingerprint density at radius 1 is 1.11 bits per heavy atom. The molecule has 0 unspecified atom stereocenters. The Morgan fingerprint density at radius 2 is 1.89 bits per heavy atom. The normalized spacial score (nSPS) is 18.3. The average molecular weight is 239 g/mol. The lowest BCUT2D eigenvalue weighted by atomic mass is 9.90. The third kappa shape index (κ3) is 1.82. The zero-order valence-electron chi connectivity index (χ0n) is 13.0. The summed E-state index contributed by atoms with van der Waals surface area (Å²) in [5.74, 6) is 0.569. The molecule has 1 nitrogen and oxygen atoms in total. The van der Waals surface area contributed by atoms with Crippen LogP contribution in [0.15, 0.2) is 60.7 Å². The summed E-state index contributed by atoms with van der Waals surface area (Å²) in [6.07, 6.45) is 9.47. The molecule has 0 N–H and O–H groups in total. The second-order valence-electron chi connectivity index (χ2n) is 4.42. The summed E-state index contributed by atoms with van der Waals surface area (Å²) in [6.45, 7) is 0. The molecule has 18 heavy (non-hydrogen) atoms. The Kier molecular flexibility index (Phi) is 2.12. The van der Waals surface area contributed by atoms with Crippen LogP contribution in [0.25, 0.3) is 10.8 Å². The van der Waals surface area contributed by atoms with Crippen molar-refractivity contribution in [3.63, 3.8) is 0 Å². The van der Waals surface area contributed by atoms with Gasteiger partial charge < -0.3 is 4.74 Å². The lowest BCUT2D eigenvalue weighted by molar-refractivity contribution is 0.419. The van der Waals surface area contributed by atoms with Crippen molar-refractivity contribution in [2.45, 2.75) is 12.3 Å². The van der Waals surface area contributed by atoms with Gasteiger partial charge in [-0.3, -0.25) is 0 Å². The summed E-state index contributed by atoms with van der Waals surface area (Å²) in [5, 5.41) is 1.86. The van der Waals surface area contributed by atoms with E-state index in [9.17, 15) is 0 Å². The second-order valence-corrected chi connectivity index (χ2v) is 4.42. The third-order valence-electron chi connectivity index (χ3n) is 3.33. The molecule has 0 fully saturated rings. The zero-order chi connectivity index (χ0) is 14.9. The molecular weight excluding hydrogens is 220 g/mol. The maximum absolute atomic E-state index is 7.34. The molecule has 2 aromatic carbocycles. The molecule has 0 atom stereocenters. The second kappa shape index (κ2) is 4.69. The van der Waals surface area contributed by atoms with E-state index in [0.29, 0.717) is 5.75 Å².